The molecule has 4 rings (SSSR count). The molecule has 7 nitrogen and oxygen atoms in total. The van der Waals surface area contributed by atoms with Crippen LogP contribution in [0.4, 0.5) is 0 Å². The summed E-state index contributed by atoms with van der Waals surface area (Å²) in [5.41, 5.74) is 0.844. The molecule has 19 heavy (non-hydrogen) atoms. The van der Waals surface area contributed by atoms with E-state index in [9.17, 15) is 5.11 Å². The summed E-state index contributed by atoms with van der Waals surface area (Å²) >= 11 is 0. The molecular weight excluding hydrogens is 246 g/mol. The number of rotatable bonds is 2. The van der Waals surface area contributed by atoms with Crippen LogP contribution in [0, 0.1) is 5.92 Å². The van der Waals surface area contributed by atoms with Crippen molar-refractivity contribution >= 4 is 0 Å². The largest absolute Gasteiger partial charge is 0.493 e. The first kappa shape index (κ1) is 11.4. The third-order valence-electron chi connectivity index (χ3n) is 4.56. The van der Waals surface area contributed by atoms with Crippen molar-refractivity contribution in [2.45, 2.75) is 31.3 Å². The van der Waals surface area contributed by atoms with Gasteiger partial charge in [0.2, 0.25) is 5.88 Å². The van der Waals surface area contributed by atoms with Gasteiger partial charge in [-0.05, 0) is 18.8 Å². The average molecular weight is 265 g/mol. The number of nitrogens with one attached hydrogen (secondary N) is 3. The van der Waals surface area contributed by atoms with Gasteiger partial charge in [0.25, 0.3) is 0 Å². The molecule has 4 aliphatic rings. The Hall–Kier alpha value is -1.44. The summed E-state index contributed by atoms with van der Waals surface area (Å²) in [6.45, 7) is 1.02. The molecule has 0 aromatic rings. The highest BCUT2D eigenvalue weighted by Crippen LogP contribution is 2.36. The highest BCUT2D eigenvalue weighted by Gasteiger charge is 2.46. The van der Waals surface area contributed by atoms with Crippen LogP contribution in [0.15, 0.2) is 24.0 Å². The average Bonchev–Trinajstić information content (AvgIpc) is 2.96. The van der Waals surface area contributed by atoms with E-state index in [1.165, 1.54) is 0 Å². The monoisotopic (exact) mass is 265 g/mol. The molecule has 3 aliphatic heterocycles. The van der Waals surface area contributed by atoms with Gasteiger partial charge in [-0.15, -0.1) is 0 Å². The van der Waals surface area contributed by atoms with Gasteiger partial charge < -0.3 is 20.8 Å². The summed E-state index contributed by atoms with van der Waals surface area (Å²) in [5, 5.41) is 29.3. The first-order valence-corrected chi connectivity index (χ1v) is 6.78. The molecule has 2 fully saturated rings. The van der Waals surface area contributed by atoms with Crippen LogP contribution in [0.3, 0.4) is 0 Å². The van der Waals surface area contributed by atoms with Gasteiger partial charge in [0.05, 0.1) is 6.67 Å². The summed E-state index contributed by atoms with van der Waals surface area (Å²) in [4.78, 5) is 4.11. The maximum atomic E-state index is 10.3. The summed E-state index contributed by atoms with van der Waals surface area (Å²) in [7, 11) is 0. The van der Waals surface area contributed by atoms with Gasteiger partial charge in [-0.1, -0.05) is 0 Å². The standard InChI is InChI=1S/C12H19N5O2/c18-5-7-3-8(4-7)17-6-14-9-10(17)15-12-13-1-2-16(12)11(9)19/h1-2,7-8,10,12-15,18-19H,3-6H2/t7-,8+,10?,12?. The summed E-state index contributed by atoms with van der Waals surface area (Å²) < 4.78 is 0. The van der Waals surface area contributed by atoms with Crippen molar-refractivity contribution in [2.75, 3.05) is 13.3 Å². The predicted octanol–water partition coefficient (Wildman–Crippen LogP) is -1.06. The van der Waals surface area contributed by atoms with E-state index in [1.54, 1.807) is 4.90 Å². The van der Waals surface area contributed by atoms with Gasteiger partial charge in [0.15, 0.2) is 6.29 Å². The van der Waals surface area contributed by atoms with E-state index in [2.05, 4.69) is 20.9 Å². The van der Waals surface area contributed by atoms with E-state index >= 15 is 0 Å². The maximum Gasteiger partial charge on any atom is 0.216 e. The minimum atomic E-state index is -0.0788. The highest BCUT2D eigenvalue weighted by atomic mass is 16.3. The molecule has 2 unspecified atom stereocenters. The molecule has 0 amide bonds. The Labute approximate surface area is 111 Å². The fourth-order valence-corrected chi connectivity index (χ4v) is 3.36. The summed E-state index contributed by atoms with van der Waals surface area (Å²) in [6, 6.07) is 0.480. The van der Waals surface area contributed by atoms with Gasteiger partial charge in [0.1, 0.15) is 11.9 Å². The molecule has 1 saturated carbocycles. The third kappa shape index (κ3) is 1.55. The lowest BCUT2D eigenvalue weighted by atomic mass is 9.80. The van der Waals surface area contributed by atoms with E-state index in [0.717, 1.165) is 25.2 Å². The zero-order valence-electron chi connectivity index (χ0n) is 10.6. The van der Waals surface area contributed by atoms with Crippen molar-refractivity contribution in [2.24, 2.45) is 5.92 Å². The number of aliphatic hydroxyl groups is 2. The zero-order valence-corrected chi connectivity index (χ0v) is 10.6. The van der Waals surface area contributed by atoms with Gasteiger partial charge >= 0.3 is 0 Å². The van der Waals surface area contributed by atoms with E-state index in [0.29, 0.717) is 12.0 Å². The number of hydrogen-bond acceptors (Lipinski definition) is 7. The van der Waals surface area contributed by atoms with Crippen molar-refractivity contribution in [1.29, 1.82) is 0 Å². The highest BCUT2D eigenvalue weighted by molar-refractivity contribution is 5.24. The van der Waals surface area contributed by atoms with Crippen LogP contribution in [0.5, 0.6) is 0 Å². The van der Waals surface area contributed by atoms with Crippen molar-refractivity contribution < 1.29 is 10.2 Å². The fraction of sp³-hybridized carbons (Fsp3) is 0.667. The summed E-state index contributed by atoms with van der Waals surface area (Å²) in [6.07, 6.45) is 5.66. The lowest BCUT2D eigenvalue weighted by Gasteiger charge is -2.44. The Morgan fingerprint density at radius 1 is 1.37 bits per heavy atom. The molecule has 0 spiro atoms. The van der Waals surface area contributed by atoms with Crippen LogP contribution < -0.4 is 16.0 Å². The van der Waals surface area contributed by atoms with E-state index in [4.69, 9.17) is 5.11 Å². The summed E-state index contributed by atoms with van der Waals surface area (Å²) in [5.74, 6) is 0.730. The van der Waals surface area contributed by atoms with Crippen LogP contribution in [-0.4, -0.2) is 51.8 Å². The lowest BCUT2D eigenvalue weighted by molar-refractivity contribution is 0.0158. The molecule has 0 aromatic carbocycles. The second kappa shape index (κ2) is 4.03. The molecular formula is C12H19N5O2. The minimum absolute atomic E-state index is 0.0262. The van der Waals surface area contributed by atoms with Gasteiger partial charge in [-0.2, -0.15) is 0 Å². The molecule has 0 bridgehead atoms. The smallest absolute Gasteiger partial charge is 0.216 e. The van der Waals surface area contributed by atoms with E-state index in [1.807, 2.05) is 12.4 Å². The van der Waals surface area contributed by atoms with Crippen LogP contribution in [0.2, 0.25) is 0 Å². The van der Waals surface area contributed by atoms with Gasteiger partial charge in [-0.3, -0.25) is 15.1 Å². The molecule has 5 N–H and O–H groups in total. The first-order valence-electron chi connectivity index (χ1n) is 6.78. The molecule has 3 heterocycles. The molecule has 2 atom stereocenters. The fourth-order valence-electron chi connectivity index (χ4n) is 3.36. The number of aliphatic hydroxyl groups excluding tert-OH is 2. The van der Waals surface area contributed by atoms with E-state index < -0.39 is 0 Å². The third-order valence-corrected chi connectivity index (χ3v) is 4.56. The molecule has 1 saturated heterocycles. The van der Waals surface area contributed by atoms with Crippen molar-refractivity contribution in [3.63, 3.8) is 0 Å². The number of nitrogens with zero attached hydrogens (tertiary/aromatic N) is 2. The van der Waals surface area contributed by atoms with Gasteiger partial charge in [0, 0.05) is 25.0 Å². The Morgan fingerprint density at radius 3 is 3.00 bits per heavy atom. The van der Waals surface area contributed by atoms with Crippen LogP contribution in [0.1, 0.15) is 12.8 Å². The van der Waals surface area contributed by atoms with Crippen molar-refractivity contribution in [1.82, 2.24) is 25.8 Å². The van der Waals surface area contributed by atoms with Gasteiger partial charge in [-0.25, -0.2) is 0 Å². The minimum Gasteiger partial charge on any atom is -0.493 e. The molecule has 7 heteroatoms. The second-order valence-electron chi connectivity index (χ2n) is 5.62. The van der Waals surface area contributed by atoms with Crippen molar-refractivity contribution in [3.8, 4) is 0 Å². The molecule has 1 aliphatic carbocycles. The quantitative estimate of drug-likeness (QED) is 0.435. The Balaban J connectivity index is 1.54. The molecule has 104 valence electrons. The Morgan fingerprint density at radius 2 is 2.21 bits per heavy atom. The maximum absolute atomic E-state index is 10.3. The van der Waals surface area contributed by atoms with Crippen LogP contribution >= 0.6 is 0 Å². The topological polar surface area (TPSA) is 83.0 Å². The molecule has 0 radical (unpaired) electrons. The van der Waals surface area contributed by atoms with E-state index in [-0.39, 0.29) is 24.9 Å². The first-order chi connectivity index (χ1) is 9.28. The Kier molecular flexibility index (Phi) is 2.41. The second-order valence-corrected chi connectivity index (χ2v) is 5.62. The SMILES string of the molecule is OC[C@H]1C[C@@H](N2CNC3=C(O)N4C=CNC4NC32)C1. The number of fused-ring (bicyclic) bond motifs is 2. The van der Waals surface area contributed by atoms with Crippen molar-refractivity contribution in [3.05, 3.63) is 24.0 Å². The van der Waals surface area contributed by atoms with Crippen LogP contribution in [-0.2, 0) is 0 Å². The Bertz CT molecular complexity index is 445. The van der Waals surface area contributed by atoms with Crippen LogP contribution in [0.25, 0.3) is 0 Å². The lowest BCUT2D eigenvalue weighted by Crippen LogP contribution is -2.61. The number of hydrogen-bond donors (Lipinski definition) is 5. The zero-order chi connectivity index (χ0) is 13.0. The molecule has 0 aromatic heterocycles. The normalized spacial score (nSPS) is 40.6. The predicted molar refractivity (Wildman–Crippen MR) is 67.9 cm³/mol.